The van der Waals surface area contributed by atoms with Crippen molar-refractivity contribution in [3.63, 3.8) is 0 Å². The van der Waals surface area contributed by atoms with Crippen LogP contribution < -0.4 is 5.48 Å². The van der Waals surface area contributed by atoms with Crippen molar-refractivity contribution in [2.75, 3.05) is 0 Å². The normalized spacial score (nSPS) is 10.3. The Morgan fingerprint density at radius 1 is 1.07 bits per heavy atom. The second-order valence-corrected chi connectivity index (χ2v) is 4.07. The van der Waals surface area contributed by atoms with Gasteiger partial charge in [0.2, 0.25) is 0 Å². The first kappa shape index (κ1) is 12.3. The Bertz CT molecular complexity index is 401. The Morgan fingerprint density at radius 3 is 1.80 bits per heavy atom. The lowest BCUT2D eigenvalue weighted by Crippen LogP contribution is -2.21. The fourth-order valence-corrected chi connectivity index (χ4v) is 1.98. The zero-order valence-corrected chi connectivity index (χ0v) is 10.1. The topological polar surface area (TPSA) is 49.3 Å². The van der Waals surface area contributed by atoms with Gasteiger partial charge < -0.3 is 0 Å². The summed E-state index contributed by atoms with van der Waals surface area (Å²) in [6, 6.07) is 0. The maximum Gasteiger partial charge on any atom is 0.275 e. The van der Waals surface area contributed by atoms with Gasteiger partial charge in [-0.3, -0.25) is 10.0 Å². The van der Waals surface area contributed by atoms with Gasteiger partial charge in [0.25, 0.3) is 5.91 Å². The summed E-state index contributed by atoms with van der Waals surface area (Å²) in [4.78, 5) is 11.4. The van der Waals surface area contributed by atoms with Gasteiger partial charge >= 0.3 is 0 Å². The highest BCUT2D eigenvalue weighted by molar-refractivity contribution is 6.37. The number of carbonyl (C=O) groups excluding carboxylic acids is 1. The van der Waals surface area contributed by atoms with Gasteiger partial charge in [0.05, 0.1) is 5.56 Å². The molecule has 0 atom stereocenters. The summed E-state index contributed by atoms with van der Waals surface area (Å²) >= 11 is 12.0. The lowest BCUT2D eigenvalue weighted by Gasteiger charge is -2.14. The van der Waals surface area contributed by atoms with Crippen molar-refractivity contribution < 1.29 is 10.0 Å². The Labute approximate surface area is 98.0 Å². The molecule has 0 fully saturated rings. The summed E-state index contributed by atoms with van der Waals surface area (Å²) in [5.74, 6) is -0.603. The molecule has 0 spiro atoms. The number of nitrogens with one attached hydrogen (secondary N) is 1. The quantitative estimate of drug-likeness (QED) is 0.592. The first-order chi connectivity index (χ1) is 6.91. The maximum atomic E-state index is 11.4. The van der Waals surface area contributed by atoms with Crippen LogP contribution in [-0.4, -0.2) is 11.1 Å². The van der Waals surface area contributed by atoms with Crippen molar-refractivity contribution in [3.8, 4) is 0 Å². The van der Waals surface area contributed by atoms with Crippen molar-refractivity contribution in [3.05, 3.63) is 32.3 Å². The minimum absolute atomic E-state index is 0.318. The molecule has 15 heavy (non-hydrogen) atoms. The molecular weight excluding hydrogens is 237 g/mol. The van der Waals surface area contributed by atoms with Crippen LogP contribution in [0, 0.1) is 20.8 Å². The van der Waals surface area contributed by atoms with E-state index in [0.29, 0.717) is 26.7 Å². The average Bonchev–Trinajstić information content (AvgIpc) is 2.23. The Kier molecular flexibility index (Phi) is 3.60. The number of hydrogen-bond donors (Lipinski definition) is 2. The first-order valence-corrected chi connectivity index (χ1v) is 5.06. The van der Waals surface area contributed by atoms with Gasteiger partial charge in [0.15, 0.2) is 0 Å². The fourth-order valence-electron chi connectivity index (χ4n) is 1.56. The molecule has 0 saturated carbocycles. The van der Waals surface area contributed by atoms with E-state index in [1.165, 1.54) is 0 Å². The van der Waals surface area contributed by atoms with Crippen LogP contribution in [0.1, 0.15) is 27.0 Å². The molecule has 0 aliphatic heterocycles. The molecular formula is C10H11Cl2NO2. The standard InChI is InChI=1S/C10H11Cl2NO2/c1-4-7(10(14)13-15)5(2)9(12)6(3)8(4)11/h15H,1-3H3,(H,13,14). The van der Waals surface area contributed by atoms with Crippen LogP contribution in [0.25, 0.3) is 0 Å². The van der Waals surface area contributed by atoms with Crippen molar-refractivity contribution in [2.45, 2.75) is 20.8 Å². The van der Waals surface area contributed by atoms with Crippen LogP contribution in [0.5, 0.6) is 0 Å². The maximum absolute atomic E-state index is 11.4. The van der Waals surface area contributed by atoms with Crippen molar-refractivity contribution in [2.24, 2.45) is 0 Å². The minimum Gasteiger partial charge on any atom is -0.288 e. The summed E-state index contributed by atoms with van der Waals surface area (Å²) in [6.07, 6.45) is 0. The number of hydroxylamine groups is 1. The number of amides is 1. The number of hydrogen-bond acceptors (Lipinski definition) is 2. The van der Waals surface area contributed by atoms with Crippen LogP contribution in [0.4, 0.5) is 0 Å². The second-order valence-electron chi connectivity index (χ2n) is 3.32. The van der Waals surface area contributed by atoms with Gasteiger partial charge in [-0.2, -0.15) is 0 Å². The van der Waals surface area contributed by atoms with Crippen molar-refractivity contribution in [1.82, 2.24) is 5.48 Å². The fraction of sp³-hybridized carbons (Fsp3) is 0.300. The molecule has 0 radical (unpaired) electrons. The van der Waals surface area contributed by atoms with E-state index in [-0.39, 0.29) is 0 Å². The molecule has 0 saturated heterocycles. The Balaban J connectivity index is 3.60. The molecule has 0 aliphatic rings. The Hall–Kier alpha value is -0.770. The van der Waals surface area contributed by atoms with Gasteiger partial charge in [0.1, 0.15) is 0 Å². The van der Waals surface area contributed by atoms with Crippen LogP contribution in [0.2, 0.25) is 10.0 Å². The highest BCUT2D eigenvalue weighted by Crippen LogP contribution is 2.33. The molecule has 1 aromatic carbocycles. The van der Waals surface area contributed by atoms with Crippen LogP contribution >= 0.6 is 23.2 Å². The summed E-state index contributed by atoms with van der Waals surface area (Å²) < 4.78 is 0. The number of benzene rings is 1. The zero-order valence-electron chi connectivity index (χ0n) is 8.61. The second kappa shape index (κ2) is 4.39. The first-order valence-electron chi connectivity index (χ1n) is 4.31. The van der Waals surface area contributed by atoms with Gasteiger partial charge in [0, 0.05) is 10.0 Å². The van der Waals surface area contributed by atoms with E-state index in [4.69, 9.17) is 28.4 Å². The van der Waals surface area contributed by atoms with E-state index in [2.05, 4.69) is 0 Å². The van der Waals surface area contributed by atoms with E-state index in [9.17, 15) is 4.79 Å². The van der Waals surface area contributed by atoms with Gasteiger partial charge in [-0.25, -0.2) is 5.48 Å². The third-order valence-electron chi connectivity index (χ3n) is 2.40. The van der Waals surface area contributed by atoms with Crippen molar-refractivity contribution in [1.29, 1.82) is 0 Å². The Morgan fingerprint density at radius 2 is 1.47 bits per heavy atom. The lowest BCUT2D eigenvalue weighted by atomic mass is 9.99. The van der Waals surface area contributed by atoms with E-state index in [1.54, 1.807) is 26.3 Å². The van der Waals surface area contributed by atoms with Gasteiger partial charge in [-0.15, -0.1) is 0 Å². The third kappa shape index (κ3) is 1.95. The predicted molar refractivity (Wildman–Crippen MR) is 59.9 cm³/mol. The van der Waals surface area contributed by atoms with Crippen molar-refractivity contribution >= 4 is 29.1 Å². The number of rotatable bonds is 1. The lowest BCUT2D eigenvalue weighted by molar-refractivity contribution is 0.0705. The van der Waals surface area contributed by atoms with E-state index < -0.39 is 5.91 Å². The summed E-state index contributed by atoms with van der Waals surface area (Å²) in [6.45, 7) is 5.21. The molecule has 5 heteroatoms. The smallest absolute Gasteiger partial charge is 0.275 e. The largest absolute Gasteiger partial charge is 0.288 e. The minimum atomic E-state index is -0.603. The molecule has 1 rings (SSSR count). The highest BCUT2D eigenvalue weighted by Gasteiger charge is 2.19. The van der Waals surface area contributed by atoms with Gasteiger partial charge in [-0.1, -0.05) is 23.2 Å². The van der Waals surface area contributed by atoms with E-state index in [0.717, 1.165) is 5.56 Å². The molecule has 1 amide bonds. The molecule has 1 aromatic rings. The van der Waals surface area contributed by atoms with Gasteiger partial charge in [-0.05, 0) is 37.5 Å². The van der Waals surface area contributed by atoms with Crippen LogP contribution in [0.3, 0.4) is 0 Å². The zero-order chi connectivity index (χ0) is 11.7. The third-order valence-corrected chi connectivity index (χ3v) is 3.53. The molecule has 0 heterocycles. The molecule has 0 unspecified atom stereocenters. The molecule has 82 valence electrons. The summed E-state index contributed by atoms with van der Waals surface area (Å²) in [5, 5.41) is 9.50. The molecule has 0 aliphatic carbocycles. The SMILES string of the molecule is Cc1c(Cl)c(C)c(C(=O)NO)c(C)c1Cl. The predicted octanol–water partition coefficient (Wildman–Crippen LogP) is 3.04. The summed E-state index contributed by atoms with van der Waals surface area (Å²) in [7, 11) is 0. The highest BCUT2D eigenvalue weighted by atomic mass is 35.5. The van der Waals surface area contributed by atoms with Crippen LogP contribution in [0.15, 0.2) is 0 Å². The van der Waals surface area contributed by atoms with Crippen LogP contribution in [-0.2, 0) is 0 Å². The van der Waals surface area contributed by atoms with E-state index >= 15 is 0 Å². The molecule has 3 nitrogen and oxygen atoms in total. The average molecular weight is 248 g/mol. The monoisotopic (exact) mass is 247 g/mol. The van der Waals surface area contributed by atoms with E-state index in [1.807, 2.05) is 0 Å². The number of halogens is 2. The summed E-state index contributed by atoms with van der Waals surface area (Å²) in [5.41, 5.74) is 3.86. The molecule has 0 bridgehead atoms. The molecule has 2 N–H and O–H groups in total. The molecule has 0 aromatic heterocycles. The number of carbonyl (C=O) groups is 1.